The second-order valence-electron chi connectivity index (χ2n) is 9.16. The number of anilines is 2. The number of aromatic amines is 1. The monoisotopic (exact) mass is 637 g/mol. The van der Waals surface area contributed by atoms with Crippen molar-refractivity contribution in [2.45, 2.75) is 16.2 Å². The maximum absolute atomic E-state index is 13.9. The molecule has 1 aromatic heterocycles. The number of nitrogens with zero attached hydrogens (tertiary/aromatic N) is 1. The Kier molecular flexibility index (Phi) is 6.99. The van der Waals surface area contributed by atoms with Crippen LogP contribution in [0.1, 0.15) is 16.4 Å². The third-order valence-corrected chi connectivity index (χ3v) is 9.60. The molecule has 1 fully saturated rings. The Morgan fingerprint density at radius 2 is 1.73 bits per heavy atom. The standard InChI is InChI=1S/C28H20BrN3O6S2/c29-14-5-9-16(10-6-14)32-26(35)22-21(23-25(31-28(37)40-23)39-24(22)27(32)36)18-3-1-2-4-19(18)38-13-20(34)30-15-7-11-17(33)12-8-15/h1-12,21-22,24,33H,13H2,(H,30,34)(H,31,37). The van der Waals surface area contributed by atoms with Gasteiger partial charge in [0, 0.05) is 26.5 Å². The number of fused-ring (bicyclic) bond motifs is 2. The number of benzene rings is 3. The predicted molar refractivity (Wildman–Crippen MR) is 155 cm³/mol. The molecule has 3 amide bonds. The van der Waals surface area contributed by atoms with Gasteiger partial charge in [0.25, 0.3) is 5.91 Å². The summed E-state index contributed by atoms with van der Waals surface area (Å²) in [4.78, 5) is 56.9. The summed E-state index contributed by atoms with van der Waals surface area (Å²) in [6, 6.07) is 20.0. The fourth-order valence-electron chi connectivity index (χ4n) is 4.95. The fraction of sp³-hybridized carbons (Fsp3) is 0.143. The van der Waals surface area contributed by atoms with Crippen LogP contribution in [0.15, 0.2) is 87.1 Å². The zero-order valence-electron chi connectivity index (χ0n) is 20.5. The van der Waals surface area contributed by atoms with Gasteiger partial charge in [-0.05, 0) is 54.6 Å². The second kappa shape index (κ2) is 10.6. The Morgan fingerprint density at radius 1 is 1.00 bits per heavy atom. The SMILES string of the molecule is O=C(COc1ccccc1C1c2sc(=O)[nH]c2SC2C(=O)N(c3ccc(Br)cc3)C(=O)C21)Nc1ccc(O)cc1. The molecule has 0 radical (unpaired) electrons. The average molecular weight is 639 g/mol. The minimum Gasteiger partial charge on any atom is -0.508 e. The first kappa shape index (κ1) is 26.4. The summed E-state index contributed by atoms with van der Waals surface area (Å²) in [5.74, 6) is -2.10. The molecule has 9 nitrogen and oxygen atoms in total. The number of para-hydroxylation sites is 1. The molecule has 0 spiro atoms. The largest absolute Gasteiger partial charge is 0.508 e. The number of rotatable bonds is 6. The van der Waals surface area contributed by atoms with Gasteiger partial charge >= 0.3 is 4.87 Å². The lowest BCUT2D eigenvalue weighted by Crippen LogP contribution is -2.32. The first-order valence-electron chi connectivity index (χ1n) is 12.1. The number of thiazole rings is 1. The molecule has 40 heavy (non-hydrogen) atoms. The third kappa shape index (κ3) is 4.82. The number of aromatic nitrogens is 1. The van der Waals surface area contributed by atoms with E-state index in [9.17, 15) is 24.3 Å². The number of amides is 3. The number of ether oxygens (including phenoxy) is 1. The van der Waals surface area contributed by atoms with Crippen LogP contribution in [0.4, 0.5) is 11.4 Å². The van der Waals surface area contributed by atoms with Crippen molar-refractivity contribution in [2.75, 3.05) is 16.8 Å². The smallest absolute Gasteiger partial charge is 0.305 e. The zero-order chi connectivity index (χ0) is 28.0. The van der Waals surface area contributed by atoms with Crippen molar-refractivity contribution < 1.29 is 24.2 Å². The van der Waals surface area contributed by atoms with Gasteiger partial charge in [0.05, 0.1) is 16.6 Å². The fourth-order valence-corrected chi connectivity index (χ4v) is 7.72. The Morgan fingerprint density at radius 3 is 2.48 bits per heavy atom. The van der Waals surface area contributed by atoms with E-state index in [1.807, 2.05) is 0 Å². The summed E-state index contributed by atoms with van der Waals surface area (Å²) < 4.78 is 6.76. The molecule has 0 aliphatic carbocycles. The number of carbonyl (C=O) groups is 3. The van der Waals surface area contributed by atoms with Crippen LogP contribution in [0, 0.1) is 5.92 Å². The quantitative estimate of drug-likeness (QED) is 0.206. The van der Waals surface area contributed by atoms with E-state index in [0.29, 0.717) is 32.6 Å². The van der Waals surface area contributed by atoms with Gasteiger partial charge in [0.2, 0.25) is 11.8 Å². The molecule has 2 aliphatic heterocycles. The lowest BCUT2D eigenvalue weighted by molar-refractivity contribution is -0.122. The van der Waals surface area contributed by atoms with Crippen LogP contribution in [0.2, 0.25) is 0 Å². The first-order chi connectivity index (χ1) is 19.3. The Hall–Kier alpha value is -3.87. The molecular weight excluding hydrogens is 618 g/mol. The van der Waals surface area contributed by atoms with E-state index >= 15 is 0 Å². The highest BCUT2D eigenvalue weighted by atomic mass is 79.9. The molecule has 1 saturated heterocycles. The molecule has 0 bridgehead atoms. The van der Waals surface area contributed by atoms with E-state index in [0.717, 1.165) is 15.8 Å². The zero-order valence-corrected chi connectivity index (χ0v) is 23.7. The topological polar surface area (TPSA) is 129 Å². The van der Waals surface area contributed by atoms with Crippen molar-refractivity contribution in [1.82, 2.24) is 4.98 Å². The van der Waals surface area contributed by atoms with Crippen LogP contribution in [-0.4, -0.2) is 39.7 Å². The number of H-pyrrole nitrogens is 1. The predicted octanol–water partition coefficient (Wildman–Crippen LogP) is 4.72. The Balaban J connectivity index is 1.33. The number of thioether (sulfide) groups is 1. The number of halogens is 1. The number of nitrogens with one attached hydrogen (secondary N) is 2. The molecule has 6 rings (SSSR count). The van der Waals surface area contributed by atoms with Crippen LogP contribution in [0.5, 0.6) is 11.5 Å². The van der Waals surface area contributed by atoms with Crippen LogP contribution in [0.25, 0.3) is 0 Å². The molecule has 3 heterocycles. The lowest BCUT2D eigenvalue weighted by atomic mass is 9.82. The number of aromatic hydroxyl groups is 1. The Bertz CT molecular complexity index is 1690. The minimum absolute atomic E-state index is 0.0807. The summed E-state index contributed by atoms with van der Waals surface area (Å²) in [5.41, 5.74) is 1.57. The van der Waals surface area contributed by atoms with Gasteiger partial charge in [-0.1, -0.05) is 57.2 Å². The average Bonchev–Trinajstić information content (AvgIpc) is 3.44. The maximum atomic E-state index is 13.9. The molecule has 4 aromatic rings. The molecule has 2 aliphatic rings. The molecular formula is C28H20BrN3O6S2. The van der Waals surface area contributed by atoms with Crippen LogP contribution < -0.4 is 19.8 Å². The summed E-state index contributed by atoms with van der Waals surface area (Å²) in [6.07, 6.45) is 0. The Labute approximate surface area is 244 Å². The van der Waals surface area contributed by atoms with E-state index < -0.39 is 23.0 Å². The summed E-state index contributed by atoms with van der Waals surface area (Å²) in [7, 11) is 0. The van der Waals surface area contributed by atoms with Crippen molar-refractivity contribution in [1.29, 1.82) is 0 Å². The number of phenols is 1. The lowest BCUT2D eigenvalue weighted by Gasteiger charge is -2.30. The van der Waals surface area contributed by atoms with Gasteiger partial charge in [0.15, 0.2) is 6.61 Å². The number of phenolic OH excluding ortho intramolecular Hbond substituents is 1. The summed E-state index contributed by atoms with van der Waals surface area (Å²) in [6.45, 7) is -0.318. The highest BCUT2D eigenvalue weighted by molar-refractivity contribution is 9.10. The first-order valence-corrected chi connectivity index (χ1v) is 14.6. The summed E-state index contributed by atoms with van der Waals surface area (Å²) >= 11 is 5.59. The molecule has 3 atom stereocenters. The normalized spacial score (nSPS) is 19.7. The highest BCUT2D eigenvalue weighted by Crippen LogP contribution is 2.54. The van der Waals surface area contributed by atoms with E-state index in [-0.39, 0.29) is 29.0 Å². The minimum atomic E-state index is -0.782. The van der Waals surface area contributed by atoms with Crippen LogP contribution in [0.3, 0.4) is 0 Å². The van der Waals surface area contributed by atoms with Crippen molar-refractivity contribution in [3.8, 4) is 11.5 Å². The number of imide groups is 1. The molecule has 3 N–H and O–H groups in total. The van der Waals surface area contributed by atoms with E-state index in [4.69, 9.17) is 4.74 Å². The van der Waals surface area contributed by atoms with E-state index in [2.05, 4.69) is 26.2 Å². The second-order valence-corrected chi connectivity index (χ2v) is 12.2. The third-order valence-electron chi connectivity index (χ3n) is 6.67. The molecule has 12 heteroatoms. The number of hydrogen-bond donors (Lipinski definition) is 3. The maximum Gasteiger partial charge on any atom is 0.305 e. The van der Waals surface area contributed by atoms with Crippen LogP contribution in [-0.2, 0) is 14.4 Å². The molecule has 0 saturated carbocycles. The van der Waals surface area contributed by atoms with Gasteiger partial charge in [0.1, 0.15) is 16.7 Å². The van der Waals surface area contributed by atoms with Crippen molar-refractivity contribution in [2.24, 2.45) is 5.92 Å². The van der Waals surface area contributed by atoms with Crippen molar-refractivity contribution in [3.05, 3.63) is 97.4 Å². The van der Waals surface area contributed by atoms with Gasteiger partial charge in [-0.25, -0.2) is 4.90 Å². The molecule has 3 aromatic carbocycles. The van der Waals surface area contributed by atoms with Gasteiger partial charge in [-0.2, -0.15) is 0 Å². The van der Waals surface area contributed by atoms with Crippen LogP contribution >= 0.6 is 39.0 Å². The molecule has 3 unspecified atom stereocenters. The number of carbonyl (C=O) groups excluding carboxylic acids is 3. The summed E-state index contributed by atoms with van der Waals surface area (Å²) in [5, 5.41) is 12.0. The molecule has 202 valence electrons. The number of hydrogen-bond acceptors (Lipinski definition) is 8. The van der Waals surface area contributed by atoms with E-state index in [1.54, 1.807) is 60.7 Å². The van der Waals surface area contributed by atoms with Gasteiger partial charge in [-0.15, -0.1) is 0 Å². The van der Waals surface area contributed by atoms with Gasteiger partial charge < -0.3 is 20.1 Å². The van der Waals surface area contributed by atoms with Crippen molar-refractivity contribution in [3.63, 3.8) is 0 Å². The van der Waals surface area contributed by atoms with E-state index in [1.165, 1.54) is 28.8 Å². The van der Waals surface area contributed by atoms with Gasteiger partial charge in [-0.3, -0.25) is 19.2 Å². The highest BCUT2D eigenvalue weighted by Gasteiger charge is 2.56. The van der Waals surface area contributed by atoms with Crippen molar-refractivity contribution >= 4 is 68.1 Å².